The number of carbonyl (C=O) groups excluding carboxylic acids is 1. The first-order valence-electron chi connectivity index (χ1n) is 11.4. The van der Waals surface area contributed by atoms with Crippen molar-refractivity contribution in [1.82, 2.24) is 9.88 Å². The van der Waals surface area contributed by atoms with Gasteiger partial charge in [-0.05, 0) is 92.4 Å². The van der Waals surface area contributed by atoms with E-state index in [0.717, 1.165) is 49.3 Å². The maximum Gasteiger partial charge on any atom is 0.411 e. The standard InChI is InChI=1S/C26H28ClN3O4S/c1-18-25(15-22(16-28-18)29-26(31)34-2)20-11-13-30(14-12-20)17-19-3-7-23(8-4-19)35(32,33)24-9-5-21(27)6-10-24/h3-10,15-16,20H,11-14,17H2,1-2H3,(H,29,31). The quantitative estimate of drug-likeness (QED) is 0.472. The van der Waals surface area contributed by atoms with Crippen LogP contribution >= 0.6 is 11.6 Å². The summed E-state index contributed by atoms with van der Waals surface area (Å²) in [5, 5.41) is 3.18. The molecule has 1 N–H and O–H groups in total. The lowest BCUT2D eigenvalue weighted by molar-refractivity contribution is 0.187. The van der Waals surface area contributed by atoms with Crippen LogP contribution in [0.2, 0.25) is 5.02 Å². The van der Waals surface area contributed by atoms with Crippen molar-refractivity contribution in [2.45, 2.75) is 42.0 Å². The SMILES string of the molecule is COC(=O)Nc1cnc(C)c(C2CCN(Cc3ccc(S(=O)(=O)c4ccc(Cl)cc4)cc3)CC2)c1. The van der Waals surface area contributed by atoms with Gasteiger partial charge in [-0.2, -0.15) is 0 Å². The smallest absolute Gasteiger partial charge is 0.411 e. The van der Waals surface area contributed by atoms with Gasteiger partial charge in [0.2, 0.25) is 9.84 Å². The predicted molar refractivity (Wildman–Crippen MR) is 136 cm³/mol. The Morgan fingerprint density at radius 3 is 2.29 bits per heavy atom. The van der Waals surface area contributed by atoms with Gasteiger partial charge in [0.1, 0.15) is 0 Å². The van der Waals surface area contributed by atoms with E-state index in [2.05, 4.69) is 19.9 Å². The molecule has 0 atom stereocenters. The molecule has 35 heavy (non-hydrogen) atoms. The zero-order chi connectivity index (χ0) is 25.0. The number of aryl methyl sites for hydroxylation is 1. The Kier molecular flexibility index (Phi) is 7.74. The number of hydrogen-bond donors (Lipinski definition) is 1. The number of pyridine rings is 1. The number of ether oxygens (including phenoxy) is 1. The minimum atomic E-state index is -3.57. The number of nitrogens with one attached hydrogen (secondary N) is 1. The van der Waals surface area contributed by atoms with Crippen molar-refractivity contribution in [1.29, 1.82) is 0 Å². The maximum atomic E-state index is 12.9. The molecule has 1 amide bonds. The number of piperidine rings is 1. The molecule has 1 aromatic heterocycles. The van der Waals surface area contributed by atoms with Crippen LogP contribution in [0.4, 0.5) is 10.5 Å². The Balaban J connectivity index is 1.37. The number of hydrogen-bond acceptors (Lipinski definition) is 6. The highest BCUT2D eigenvalue weighted by molar-refractivity contribution is 7.91. The van der Waals surface area contributed by atoms with Gasteiger partial charge >= 0.3 is 6.09 Å². The summed E-state index contributed by atoms with van der Waals surface area (Å²) in [7, 11) is -2.24. The van der Waals surface area contributed by atoms with Crippen LogP contribution in [-0.2, 0) is 21.1 Å². The number of anilines is 1. The van der Waals surface area contributed by atoms with Crippen molar-refractivity contribution in [3.63, 3.8) is 0 Å². The first-order chi connectivity index (χ1) is 16.8. The molecule has 0 spiro atoms. The molecule has 0 aliphatic carbocycles. The molecule has 0 radical (unpaired) electrons. The molecule has 2 aromatic carbocycles. The van der Waals surface area contributed by atoms with Crippen LogP contribution in [-0.4, -0.2) is 44.6 Å². The van der Waals surface area contributed by atoms with Crippen LogP contribution in [0.15, 0.2) is 70.6 Å². The van der Waals surface area contributed by atoms with E-state index in [0.29, 0.717) is 16.6 Å². The number of sulfone groups is 1. The number of rotatable bonds is 6. The zero-order valence-electron chi connectivity index (χ0n) is 19.7. The Morgan fingerprint density at radius 1 is 1.09 bits per heavy atom. The van der Waals surface area contributed by atoms with Gasteiger partial charge in [-0.3, -0.25) is 15.2 Å². The van der Waals surface area contributed by atoms with Crippen molar-refractivity contribution in [2.75, 3.05) is 25.5 Å². The average molecular weight is 514 g/mol. The Morgan fingerprint density at radius 2 is 1.69 bits per heavy atom. The summed E-state index contributed by atoms with van der Waals surface area (Å²) in [6.07, 6.45) is 3.09. The van der Waals surface area contributed by atoms with E-state index in [1.165, 1.54) is 19.2 Å². The minimum Gasteiger partial charge on any atom is -0.453 e. The number of likely N-dealkylation sites (tertiary alicyclic amines) is 1. The van der Waals surface area contributed by atoms with Crippen LogP contribution in [0.5, 0.6) is 0 Å². The monoisotopic (exact) mass is 513 g/mol. The minimum absolute atomic E-state index is 0.229. The van der Waals surface area contributed by atoms with Crippen molar-refractivity contribution in [3.8, 4) is 0 Å². The largest absolute Gasteiger partial charge is 0.453 e. The highest BCUT2D eigenvalue weighted by atomic mass is 35.5. The summed E-state index contributed by atoms with van der Waals surface area (Å²) in [6, 6.07) is 15.3. The number of nitrogens with zero attached hydrogens (tertiary/aromatic N) is 2. The topological polar surface area (TPSA) is 88.6 Å². The highest BCUT2D eigenvalue weighted by Crippen LogP contribution is 2.32. The molecule has 1 fully saturated rings. The number of carbonyl (C=O) groups is 1. The molecule has 184 valence electrons. The van der Waals surface area contributed by atoms with Crippen molar-refractivity contribution >= 4 is 33.2 Å². The van der Waals surface area contributed by atoms with E-state index in [-0.39, 0.29) is 9.79 Å². The van der Waals surface area contributed by atoms with Crippen LogP contribution in [0.1, 0.15) is 35.6 Å². The van der Waals surface area contributed by atoms with Gasteiger partial charge in [-0.15, -0.1) is 0 Å². The lowest BCUT2D eigenvalue weighted by atomic mass is 9.88. The lowest BCUT2D eigenvalue weighted by Gasteiger charge is -2.32. The van der Waals surface area contributed by atoms with Crippen LogP contribution in [0.3, 0.4) is 0 Å². The first kappa shape index (κ1) is 25.2. The third-order valence-electron chi connectivity index (χ3n) is 6.35. The fraction of sp³-hybridized carbons (Fsp3) is 0.308. The molecule has 9 heteroatoms. The molecule has 1 aliphatic heterocycles. The zero-order valence-corrected chi connectivity index (χ0v) is 21.3. The molecule has 2 heterocycles. The molecule has 0 bridgehead atoms. The molecule has 0 saturated carbocycles. The molecule has 0 unspecified atom stereocenters. The molecule has 1 saturated heterocycles. The Labute approximate surface area is 211 Å². The molecule has 1 aliphatic rings. The number of benzene rings is 2. The van der Waals surface area contributed by atoms with E-state index in [9.17, 15) is 13.2 Å². The second kappa shape index (κ2) is 10.8. The Bertz CT molecular complexity index is 1290. The van der Waals surface area contributed by atoms with E-state index in [4.69, 9.17) is 11.6 Å². The summed E-state index contributed by atoms with van der Waals surface area (Å²) in [5.41, 5.74) is 3.82. The molecule has 4 rings (SSSR count). The third-order valence-corrected chi connectivity index (χ3v) is 8.39. The van der Waals surface area contributed by atoms with Crippen molar-refractivity contribution < 1.29 is 17.9 Å². The fourth-order valence-corrected chi connectivity index (χ4v) is 5.77. The van der Waals surface area contributed by atoms with Gasteiger partial charge in [-0.25, -0.2) is 13.2 Å². The molecule has 7 nitrogen and oxygen atoms in total. The van der Waals surface area contributed by atoms with E-state index >= 15 is 0 Å². The summed E-state index contributed by atoms with van der Waals surface area (Å²) < 4.78 is 30.4. The van der Waals surface area contributed by atoms with Gasteiger partial charge in [0.15, 0.2) is 0 Å². The van der Waals surface area contributed by atoms with Crippen LogP contribution in [0.25, 0.3) is 0 Å². The number of aromatic nitrogens is 1. The summed E-state index contributed by atoms with van der Waals surface area (Å²) >= 11 is 5.88. The first-order valence-corrected chi connectivity index (χ1v) is 13.3. The van der Waals surface area contributed by atoms with Crippen molar-refractivity contribution in [3.05, 3.63) is 82.6 Å². The van der Waals surface area contributed by atoms with Gasteiger partial charge in [0.05, 0.1) is 28.8 Å². The summed E-state index contributed by atoms with van der Waals surface area (Å²) in [6.45, 7) is 4.59. The fourth-order valence-electron chi connectivity index (χ4n) is 4.38. The third kappa shape index (κ3) is 6.01. The predicted octanol–water partition coefficient (Wildman–Crippen LogP) is 5.43. The van der Waals surface area contributed by atoms with Gasteiger partial charge in [0, 0.05) is 17.3 Å². The van der Waals surface area contributed by atoms with Crippen LogP contribution in [0, 0.1) is 6.92 Å². The number of halogens is 1. The molecular weight excluding hydrogens is 486 g/mol. The van der Waals surface area contributed by atoms with Gasteiger partial charge in [0.25, 0.3) is 0 Å². The van der Waals surface area contributed by atoms with E-state index in [1.54, 1.807) is 30.5 Å². The maximum absolute atomic E-state index is 12.9. The summed E-state index contributed by atoms with van der Waals surface area (Å²) in [5.74, 6) is 0.366. The van der Waals surface area contributed by atoms with E-state index in [1.807, 2.05) is 25.1 Å². The molecular formula is C26H28ClN3O4S. The number of methoxy groups -OCH3 is 1. The number of amides is 1. The highest BCUT2D eigenvalue weighted by Gasteiger charge is 2.23. The molecule has 3 aromatic rings. The van der Waals surface area contributed by atoms with Crippen LogP contribution < -0.4 is 5.32 Å². The second-order valence-corrected chi connectivity index (χ2v) is 11.1. The normalized spacial score (nSPS) is 15.1. The van der Waals surface area contributed by atoms with E-state index < -0.39 is 15.9 Å². The Hall–Kier alpha value is -2.94. The van der Waals surface area contributed by atoms with Crippen molar-refractivity contribution in [2.24, 2.45) is 0 Å². The average Bonchev–Trinajstić information content (AvgIpc) is 2.86. The van der Waals surface area contributed by atoms with Gasteiger partial charge in [-0.1, -0.05) is 23.7 Å². The lowest BCUT2D eigenvalue weighted by Crippen LogP contribution is -2.32. The van der Waals surface area contributed by atoms with Gasteiger partial charge < -0.3 is 4.74 Å². The summed E-state index contributed by atoms with van der Waals surface area (Å²) in [4.78, 5) is 18.8. The second-order valence-electron chi connectivity index (χ2n) is 8.67.